The molecule has 1 N–H and O–H groups in total. The van der Waals surface area contributed by atoms with Crippen molar-refractivity contribution in [1.29, 1.82) is 0 Å². The molecule has 0 aliphatic rings. The van der Waals surface area contributed by atoms with Gasteiger partial charge in [-0.05, 0) is 85.6 Å². The summed E-state index contributed by atoms with van der Waals surface area (Å²) in [5, 5.41) is 2.68. The first kappa shape index (κ1) is 25.3. The number of esters is 1. The molecule has 0 unspecified atom stereocenters. The molecule has 1 amide bonds. The fraction of sp³-hybridized carbons (Fsp3) is 0.200. The number of anilines is 2. The van der Waals surface area contributed by atoms with Gasteiger partial charge in [-0.25, -0.2) is 8.42 Å². The maximum absolute atomic E-state index is 13.0. The molecule has 9 heteroatoms. The molecule has 0 radical (unpaired) electrons. The summed E-state index contributed by atoms with van der Waals surface area (Å²) in [5.41, 5.74) is 3.06. The van der Waals surface area contributed by atoms with Gasteiger partial charge in [0.1, 0.15) is 5.75 Å². The van der Waals surface area contributed by atoms with E-state index in [-0.39, 0.29) is 16.6 Å². The third-order valence-electron chi connectivity index (χ3n) is 5.10. The number of nitrogens with one attached hydrogen (secondary N) is 1. The molecule has 3 rings (SSSR count). The first-order valence-corrected chi connectivity index (χ1v) is 12.9. The van der Waals surface area contributed by atoms with E-state index in [0.717, 1.165) is 16.0 Å². The largest absolute Gasteiger partial charge is 0.426 e. The van der Waals surface area contributed by atoms with Gasteiger partial charge in [0, 0.05) is 24.6 Å². The fourth-order valence-electron chi connectivity index (χ4n) is 3.04. The zero-order chi connectivity index (χ0) is 24.9. The van der Waals surface area contributed by atoms with Gasteiger partial charge in [0.2, 0.25) is 5.91 Å². The van der Waals surface area contributed by atoms with Crippen LogP contribution < -0.4 is 14.4 Å². The van der Waals surface area contributed by atoms with Crippen molar-refractivity contribution in [2.24, 2.45) is 0 Å². The lowest BCUT2D eigenvalue weighted by Gasteiger charge is -2.20. The normalized spacial score (nSPS) is 11.1. The van der Waals surface area contributed by atoms with Crippen LogP contribution >= 0.6 is 11.8 Å². The van der Waals surface area contributed by atoms with E-state index in [2.05, 4.69) is 5.32 Å². The van der Waals surface area contributed by atoms with Crippen molar-refractivity contribution in [1.82, 2.24) is 0 Å². The van der Waals surface area contributed by atoms with E-state index in [0.29, 0.717) is 17.1 Å². The molecule has 0 saturated carbocycles. The minimum Gasteiger partial charge on any atom is -0.426 e. The second kappa shape index (κ2) is 10.8. The molecule has 3 aromatic carbocycles. The highest BCUT2D eigenvalue weighted by molar-refractivity contribution is 8.00. The second-order valence-electron chi connectivity index (χ2n) is 7.68. The summed E-state index contributed by atoms with van der Waals surface area (Å²) < 4.78 is 32.5. The molecule has 0 fully saturated rings. The summed E-state index contributed by atoms with van der Waals surface area (Å²) >= 11 is 1.31. The molecule has 0 aliphatic heterocycles. The zero-order valence-electron chi connectivity index (χ0n) is 19.4. The highest BCUT2D eigenvalue weighted by Crippen LogP contribution is 2.26. The van der Waals surface area contributed by atoms with Crippen LogP contribution in [-0.4, -0.2) is 33.1 Å². The molecule has 0 atom stereocenters. The van der Waals surface area contributed by atoms with E-state index in [9.17, 15) is 18.0 Å². The number of benzene rings is 3. The lowest BCUT2D eigenvalue weighted by Crippen LogP contribution is -2.26. The average Bonchev–Trinajstić information content (AvgIpc) is 2.80. The maximum atomic E-state index is 13.0. The van der Waals surface area contributed by atoms with E-state index in [1.54, 1.807) is 54.6 Å². The van der Waals surface area contributed by atoms with E-state index >= 15 is 0 Å². The molecule has 0 saturated heterocycles. The molecular formula is C25H26N2O5S2. The van der Waals surface area contributed by atoms with Crippen molar-refractivity contribution in [3.8, 4) is 5.75 Å². The van der Waals surface area contributed by atoms with Crippen LogP contribution in [0.25, 0.3) is 0 Å². The SMILES string of the molecule is CC(=O)Nc1ccc(SCC(=O)Oc2ccc(N(C)S(=O)(=O)c3ccc(C)c(C)c3)cc2)cc1. The third-order valence-corrected chi connectivity index (χ3v) is 7.87. The molecule has 0 bridgehead atoms. The predicted molar refractivity (Wildman–Crippen MR) is 135 cm³/mol. The Hall–Kier alpha value is -3.30. The van der Waals surface area contributed by atoms with Crippen LogP contribution in [0.3, 0.4) is 0 Å². The minimum absolute atomic E-state index is 0.0995. The number of amides is 1. The number of aryl methyl sites for hydroxylation is 2. The van der Waals surface area contributed by atoms with Crippen LogP contribution in [0.1, 0.15) is 18.1 Å². The lowest BCUT2D eigenvalue weighted by atomic mass is 10.1. The number of nitrogens with zero attached hydrogens (tertiary/aromatic N) is 1. The van der Waals surface area contributed by atoms with Crippen molar-refractivity contribution in [3.63, 3.8) is 0 Å². The van der Waals surface area contributed by atoms with Crippen molar-refractivity contribution in [2.45, 2.75) is 30.6 Å². The Labute approximate surface area is 204 Å². The molecular weight excluding hydrogens is 472 g/mol. The Morgan fingerprint density at radius 1 is 0.941 bits per heavy atom. The summed E-state index contributed by atoms with van der Waals surface area (Å²) in [6.45, 7) is 5.24. The van der Waals surface area contributed by atoms with Crippen LogP contribution in [0.15, 0.2) is 76.5 Å². The molecule has 0 spiro atoms. The van der Waals surface area contributed by atoms with E-state index in [1.807, 2.05) is 26.0 Å². The van der Waals surface area contributed by atoms with Gasteiger partial charge in [0.25, 0.3) is 10.0 Å². The Kier molecular flexibility index (Phi) is 8.01. The topological polar surface area (TPSA) is 92.8 Å². The van der Waals surface area contributed by atoms with Gasteiger partial charge in [0.15, 0.2) is 0 Å². The maximum Gasteiger partial charge on any atom is 0.321 e. The molecule has 0 heterocycles. The van der Waals surface area contributed by atoms with Crippen LogP contribution in [0.2, 0.25) is 0 Å². The fourth-order valence-corrected chi connectivity index (χ4v) is 4.99. The van der Waals surface area contributed by atoms with Gasteiger partial charge in [0.05, 0.1) is 16.3 Å². The quantitative estimate of drug-likeness (QED) is 0.273. The first-order chi connectivity index (χ1) is 16.1. The smallest absolute Gasteiger partial charge is 0.321 e. The molecule has 0 aliphatic carbocycles. The molecule has 0 aromatic heterocycles. The van der Waals surface area contributed by atoms with Crippen molar-refractivity contribution < 1.29 is 22.7 Å². The summed E-state index contributed by atoms with van der Waals surface area (Å²) in [6, 6.07) is 18.5. The summed E-state index contributed by atoms with van der Waals surface area (Å²) in [4.78, 5) is 24.4. The molecule has 34 heavy (non-hydrogen) atoms. The second-order valence-corrected chi connectivity index (χ2v) is 10.7. The number of thioether (sulfide) groups is 1. The van der Waals surface area contributed by atoms with Gasteiger partial charge in [-0.3, -0.25) is 13.9 Å². The number of hydrogen-bond acceptors (Lipinski definition) is 6. The Morgan fingerprint density at radius 3 is 2.18 bits per heavy atom. The first-order valence-electron chi connectivity index (χ1n) is 10.4. The number of rotatable bonds is 8. The number of sulfonamides is 1. The highest BCUT2D eigenvalue weighted by atomic mass is 32.2. The van der Waals surface area contributed by atoms with Crippen LogP contribution in [0.4, 0.5) is 11.4 Å². The summed E-state index contributed by atoms with van der Waals surface area (Å²) in [7, 11) is -2.23. The van der Waals surface area contributed by atoms with E-state index < -0.39 is 16.0 Å². The van der Waals surface area contributed by atoms with E-state index in [4.69, 9.17) is 4.74 Å². The Bertz CT molecular complexity index is 1290. The van der Waals surface area contributed by atoms with Crippen LogP contribution in [0, 0.1) is 13.8 Å². The molecule has 7 nitrogen and oxygen atoms in total. The number of hydrogen-bond donors (Lipinski definition) is 1. The number of ether oxygens (including phenoxy) is 1. The van der Waals surface area contributed by atoms with Gasteiger partial charge in [-0.2, -0.15) is 0 Å². The van der Waals surface area contributed by atoms with Crippen molar-refractivity contribution in [2.75, 3.05) is 22.4 Å². The van der Waals surface area contributed by atoms with Gasteiger partial charge < -0.3 is 10.1 Å². The lowest BCUT2D eigenvalue weighted by molar-refractivity contribution is -0.131. The Balaban J connectivity index is 1.59. The Morgan fingerprint density at radius 2 is 1.59 bits per heavy atom. The standard InChI is InChI=1S/C25H26N2O5S2/c1-17-5-14-24(15-18(17)2)34(30,31)27(4)21-8-10-22(11-9-21)32-25(29)16-33-23-12-6-20(7-13-23)26-19(3)28/h5-15H,16H2,1-4H3,(H,26,28). The summed E-state index contributed by atoms with van der Waals surface area (Å²) in [6.07, 6.45) is 0. The third kappa shape index (κ3) is 6.39. The predicted octanol–water partition coefficient (Wildman–Crippen LogP) is 4.78. The van der Waals surface area contributed by atoms with Gasteiger partial charge in [-0.1, -0.05) is 6.07 Å². The van der Waals surface area contributed by atoms with Crippen LogP contribution in [0.5, 0.6) is 5.75 Å². The van der Waals surface area contributed by atoms with Gasteiger partial charge in [-0.15, -0.1) is 11.8 Å². The molecule has 3 aromatic rings. The minimum atomic E-state index is -3.72. The van der Waals surface area contributed by atoms with Gasteiger partial charge >= 0.3 is 5.97 Å². The van der Waals surface area contributed by atoms with Crippen molar-refractivity contribution >= 4 is 45.0 Å². The van der Waals surface area contributed by atoms with E-state index in [1.165, 1.54) is 30.0 Å². The number of carbonyl (C=O) groups excluding carboxylic acids is 2. The highest BCUT2D eigenvalue weighted by Gasteiger charge is 2.22. The average molecular weight is 499 g/mol. The monoisotopic (exact) mass is 498 g/mol. The molecule has 178 valence electrons. The summed E-state index contributed by atoms with van der Waals surface area (Å²) in [5.74, 6) is -0.154. The van der Waals surface area contributed by atoms with Crippen LogP contribution in [-0.2, 0) is 19.6 Å². The zero-order valence-corrected chi connectivity index (χ0v) is 21.0. The number of carbonyl (C=O) groups is 2. The van der Waals surface area contributed by atoms with Crippen molar-refractivity contribution in [3.05, 3.63) is 77.9 Å².